The lowest BCUT2D eigenvalue weighted by molar-refractivity contribution is 0.0966. The molecule has 1 amide bonds. The van der Waals surface area contributed by atoms with Crippen LogP contribution in [0.4, 0.5) is 11.5 Å². The SMILES string of the molecule is CCN(C)Cc1nc(Nc2ccc(-c3cnc4cc(C)ccn34)c3c2C(=O)NC3)ccc1C1CCOC1. The zero-order chi connectivity index (χ0) is 25.5. The van der Waals surface area contributed by atoms with Gasteiger partial charge in [-0.3, -0.25) is 9.20 Å². The van der Waals surface area contributed by atoms with Crippen LogP contribution >= 0.6 is 0 Å². The van der Waals surface area contributed by atoms with Crippen LogP contribution in [0.2, 0.25) is 0 Å². The summed E-state index contributed by atoms with van der Waals surface area (Å²) < 4.78 is 7.72. The summed E-state index contributed by atoms with van der Waals surface area (Å²) >= 11 is 0. The number of hydrogen-bond donors (Lipinski definition) is 2. The van der Waals surface area contributed by atoms with Gasteiger partial charge in [0.15, 0.2) is 0 Å². The van der Waals surface area contributed by atoms with Crippen molar-refractivity contribution < 1.29 is 9.53 Å². The Hall–Kier alpha value is -3.75. The van der Waals surface area contributed by atoms with Crippen LogP contribution in [0.1, 0.15) is 52.0 Å². The molecule has 5 heterocycles. The molecule has 2 aliphatic rings. The summed E-state index contributed by atoms with van der Waals surface area (Å²) in [5.74, 6) is 1.04. The van der Waals surface area contributed by atoms with E-state index in [1.54, 1.807) is 0 Å². The van der Waals surface area contributed by atoms with Gasteiger partial charge in [0.05, 0.1) is 35.4 Å². The number of fused-ring (bicyclic) bond motifs is 2. The van der Waals surface area contributed by atoms with E-state index < -0.39 is 0 Å². The third-order valence-electron chi connectivity index (χ3n) is 7.51. The van der Waals surface area contributed by atoms with Gasteiger partial charge >= 0.3 is 0 Å². The zero-order valence-electron chi connectivity index (χ0n) is 21.5. The Labute approximate surface area is 216 Å². The van der Waals surface area contributed by atoms with Crippen molar-refractivity contribution in [1.82, 2.24) is 24.6 Å². The van der Waals surface area contributed by atoms with Gasteiger partial charge in [-0.15, -0.1) is 0 Å². The van der Waals surface area contributed by atoms with Crippen molar-refractivity contribution in [2.75, 3.05) is 32.1 Å². The Balaban J connectivity index is 1.37. The number of carbonyl (C=O) groups excluding carboxylic acids is 1. The third kappa shape index (κ3) is 4.36. The van der Waals surface area contributed by atoms with Crippen LogP contribution in [0, 0.1) is 6.92 Å². The van der Waals surface area contributed by atoms with Gasteiger partial charge in [-0.2, -0.15) is 0 Å². The second kappa shape index (κ2) is 9.61. The summed E-state index contributed by atoms with van der Waals surface area (Å²) in [5.41, 5.74) is 8.75. The minimum Gasteiger partial charge on any atom is -0.381 e. The number of pyridine rings is 2. The Morgan fingerprint density at radius 2 is 2.14 bits per heavy atom. The fourth-order valence-corrected chi connectivity index (χ4v) is 5.34. The van der Waals surface area contributed by atoms with Gasteiger partial charge in [-0.1, -0.05) is 19.1 Å². The number of aromatic nitrogens is 3. The first-order valence-corrected chi connectivity index (χ1v) is 12.9. The highest BCUT2D eigenvalue weighted by molar-refractivity contribution is 6.06. The molecule has 1 saturated heterocycles. The predicted octanol–water partition coefficient (Wildman–Crippen LogP) is 4.65. The van der Waals surface area contributed by atoms with Crippen LogP contribution in [0.3, 0.4) is 0 Å². The topological polar surface area (TPSA) is 83.8 Å². The molecular formula is C29H32N6O2. The number of aryl methyl sites for hydroxylation is 1. The zero-order valence-corrected chi connectivity index (χ0v) is 21.5. The van der Waals surface area contributed by atoms with Crippen LogP contribution in [0.5, 0.6) is 0 Å². The van der Waals surface area contributed by atoms with Crippen molar-refractivity contribution in [2.24, 2.45) is 0 Å². The summed E-state index contributed by atoms with van der Waals surface area (Å²) in [4.78, 5) is 24.8. The molecule has 0 saturated carbocycles. The van der Waals surface area contributed by atoms with E-state index in [2.05, 4.69) is 70.1 Å². The Bertz CT molecular complexity index is 1490. The molecule has 3 aromatic heterocycles. The first kappa shape index (κ1) is 23.6. The van der Waals surface area contributed by atoms with Crippen LogP contribution in [0.15, 0.2) is 48.8 Å². The number of benzene rings is 1. The van der Waals surface area contributed by atoms with E-state index in [0.29, 0.717) is 18.0 Å². The van der Waals surface area contributed by atoms with Crippen LogP contribution in [-0.2, 0) is 17.8 Å². The third-order valence-corrected chi connectivity index (χ3v) is 7.51. The number of rotatable bonds is 7. The second-order valence-electron chi connectivity index (χ2n) is 10.0. The summed E-state index contributed by atoms with van der Waals surface area (Å²) in [5, 5.41) is 6.47. The summed E-state index contributed by atoms with van der Waals surface area (Å²) in [7, 11) is 2.11. The van der Waals surface area contributed by atoms with E-state index in [1.165, 1.54) is 5.56 Å². The van der Waals surface area contributed by atoms with Crippen molar-refractivity contribution in [3.63, 3.8) is 0 Å². The molecule has 0 bridgehead atoms. The molecule has 190 valence electrons. The average Bonchev–Trinajstić information content (AvgIpc) is 3.65. The van der Waals surface area contributed by atoms with Crippen molar-refractivity contribution in [3.8, 4) is 11.3 Å². The lowest BCUT2D eigenvalue weighted by atomic mass is 9.96. The number of anilines is 2. The highest BCUT2D eigenvalue weighted by Crippen LogP contribution is 2.36. The molecule has 2 N–H and O–H groups in total. The summed E-state index contributed by atoms with van der Waals surface area (Å²) in [6.07, 6.45) is 4.94. The van der Waals surface area contributed by atoms with Gasteiger partial charge in [0.2, 0.25) is 0 Å². The Kier molecular flexibility index (Phi) is 6.14. The van der Waals surface area contributed by atoms with Crippen molar-refractivity contribution in [3.05, 3.63) is 76.7 Å². The standard InChI is InChI=1S/C29H32N6O2/c1-4-34(3)16-24-20(19-10-12-37-17-19)6-8-26(33-24)32-23-7-5-21(22-14-31-29(36)28(22)23)25-15-30-27-13-18(2)9-11-35(25)27/h5-9,11,13,15,19H,4,10,12,14,16-17H2,1-3H3,(H,31,36)(H,32,33). The molecule has 1 aromatic carbocycles. The summed E-state index contributed by atoms with van der Waals surface area (Å²) in [6, 6.07) is 12.4. The molecule has 6 rings (SSSR count). The Morgan fingerprint density at radius 1 is 1.24 bits per heavy atom. The van der Waals surface area contributed by atoms with Crippen LogP contribution in [-0.4, -0.2) is 52.0 Å². The highest BCUT2D eigenvalue weighted by atomic mass is 16.5. The fourth-order valence-electron chi connectivity index (χ4n) is 5.34. The molecule has 8 nitrogen and oxygen atoms in total. The molecule has 8 heteroatoms. The first-order chi connectivity index (χ1) is 18.0. The summed E-state index contributed by atoms with van der Waals surface area (Å²) in [6.45, 7) is 7.94. The van der Waals surface area contributed by atoms with Crippen molar-refractivity contribution in [1.29, 1.82) is 0 Å². The number of imidazole rings is 1. The number of amides is 1. The van der Waals surface area contributed by atoms with E-state index in [4.69, 9.17) is 9.72 Å². The van der Waals surface area contributed by atoms with E-state index in [0.717, 1.165) is 78.0 Å². The monoisotopic (exact) mass is 496 g/mol. The quantitative estimate of drug-likeness (QED) is 0.388. The number of ether oxygens (including phenoxy) is 1. The molecule has 37 heavy (non-hydrogen) atoms. The molecule has 0 spiro atoms. The minimum atomic E-state index is -0.0744. The van der Waals surface area contributed by atoms with E-state index in [1.807, 2.05) is 24.5 Å². The number of nitrogens with one attached hydrogen (secondary N) is 2. The molecular weight excluding hydrogens is 464 g/mol. The average molecular weight is 497 g/mol. The lowest BCUT2D eigenvalue weighted by Gasteiger charge is -2.20. The molecule has 0 radical (unpaired) electrons. The van der Waals surface area contributed by atoms with Gasteiger partial charge in [0.1, 0.15) is 11.5 Å². The lowest BCUT2D eigenvalue weighted by Crippen LogP contribution is -2.20. The molecule has 1 fully saturated rings. The molecule has 0 aliphatic carbocycles. The molecule has 4 aromatic rings. The Morgan fingerprint density at radius 3 is 2.95 bits per heavy atom. The van der Waals surface area contributed by atoms with Crippen LogP contribution in [0.25, 0.3) is 16.9 Å². The van der Waals surface area contributed by atoms with Gasteiger partial charge in [-0.05, 0) is 67.9 Å². The second-order valence-corrected chi connectivity index (χ2v) is 10.0. The fraction of sp³-hybridized carbons (Fsp3) is 0.345. The maximum absolute atomic E-state index is 13.0. The van der Waals surface area contributed by atoms with Gasteiger partial charge in [-0.25, -0.2) is 9.97 Å². The molecule has 1 atom stereocenters. The number of nitrogens with zero attached hydrogens (tertiary/aromatic N) is 4. The highest BCUT2D eigenvalue weighted by Gasteiger charge is 2.28. The van der Waals surface area contributed by atoms with Crippen molar-refractivity contribution >= 4 is 23.1 Å². The van der Waals surface area contributed by atoms with Gasteiger partial charge in [0, 0.05) is 37.4 Å². The number of hydrogen-bond acceptors (Lipinski definition) is 6. The van der Waals surface area contributed by atoms with E-state index in [-0.39, 0.29) is 5.91 Å². The number of carbonyl (C=O) groups is 1. The predicted molar refractivity (Wildman–Crippen MR) is 144 cm³/mol. The van der Waals surface area contributed by atoms with Crippen LogP contribution < -0.4 is 10.6 Å². The van der Waals surface area contributed by atoms with E-state index >= 15 is 0 Å². The first-order valence-electron chi connectivity index (χ1n) is 12.9. The van der Waals surface area contributed by atoms with Gasteiger partial charge in [0.25, 0.3) is 5.91 Å². The largest absolute Gasteiger partial charge is 0.381 e. The maximum atomic E-state index is 13.0. The van der Waals surface area contributed by atoms with Crippen molar-refractivity contribution in [2.45, 2.75) is 39.3 Å². The maximum Gasteiger partial charge on any atom is 0.254 e. The molecule has 2 aliphatic heterocycles. The normalized spacial score (nSPS) is 17.0. The van der Waals surface area contributed by atoms with Gasteiger partial charge < -0.3 is 20.3 Å². The smallest absolute Gasteiger partial charge is 0.254 e. The van der Waals surface area contributed by atoms with E-state index in [9.17, 15) is 4.79 Å². The minimum absolute atomic E-state index is 0.0744. The molecule has 1 unspecified atom stereocenters.